The van der Waals surface area contributed by atoms with E-state index in [1.807, 2.05) is 54.6 Å². The number of carbonyl (C=O) groups is 2. The number of carbonyl (C=O) groups excluding carboxylic acids is 2. The zero-order chi connectivity index (χ0) is 27.7. The fraction of sp³-hybridized carbons (Fsp3) is 0.314. The highest BCUT2D eigenvalue weighted by molar-refractivity contribution is 5.89. The van der Waals surface area contributed by atoms with Crippen molar-refractivity contribution in [2.75, 3.05) is 0 Å². The Morgan fingerprint density at radius 2 is 1.48 bits per heavy atom. The van der Waals surface area contributed by atoms with Gasteiger partial charge in [0.05, 0.1) is 0 Å². The van der Waals surface area contributed by atoms with Crippen molar-refractivity contribution in [1.82, 2.24) is 10.2 Å². The van der Waals surface area contributed by atoms with E-state index in [2.05, 4.69) is 23.5 Å². The van der Waals surface area contributed by atoms with Crippen LogP contribution in [0.3, 0.4) is 0 Å². The van der Waals surface area contributed by atoms with Crippen LogP contribution in [0.2, 0.25) is 0 Å². The van der Waals surface area contributed by atoms with E-state index >= 15 is 0 Å². The molecule has 4 nitrogen and oxygen atoms in total. The third kappa shape index (κ3) is 6.95. The van der Waals surface area contributed by atoms with Crippen LogP contribution in [-0.2, 0) is 29.0 Å². The molecule has 5 heteroatoms. The largest absolute Gasteiger partial charge is 0.352 e. The third-order valence-corrected chi connectivity index (χ3v) is 8.01. The lowest BCUT2D eigenvalue weighted by Gasteiger charge is -2.33. The number of hydrogen-bond donors (Lipinski definition) is 1. The summed E-state index contributed by atoms with van der Waals surface area (Å²) in [4.78, 5) is 29.5. The first kappa shape index (κ1) is 27.6. The van der Waals surface area contributed by atoms with Crippen molar-refractivity contribution < 1.29 is 14.0 Å². The quantitative estimate of drug-likeness (QED) is 0.237. The molecule has 40 heavy (non-hydrogen) atoms. The van der Waals surface area contributed by atoms with E-state index in [1.54, 1.807) is 23.1 Å². The average molecular weight is 537 g/mol. The number of fused-ring (bicyclic) bond motifs is 1. The zero-order valence-corrected chi connectivity index (χ0v) is 22.9. The average Bonchev–Trinajstić information content (AvgIpc) is 2.99. The molecule has 5 rings (SSSR count). The predicted octanol–water partition coefficient (Wildman–Crippen LogP) is 7.00. The number of aryl methyl sites for hydroxylation is 1. The molecule has 1 saturated carbocycles. The molecule has 206 valence electrons. The highest BCUT2D eigenvalue weighted by Crippen LogP contribution is 2.23. The van der Waals surface area contributed by atoms with Crippen LogP contribution in [0.5, 0.6) is 0 Å². The summed E-state index contributed by atoms with van der Waals surface area (Å²) in [6.45, 7) is 0.0383. The molecule has 4 aromatic carbocycles. The molecule has 0 unspecified atom stereocenters. The van der Waals surface area contributed by atoms with Crippen molar-refractivity contribution in [2.24, 2.45) is 0 Å². The van der Waals surface area contributed by atoms with Crippen molar-refractivity contribution in [3.05, 3.63) is 120 Å². The summed E-state index contributed by atoms with van der Waals surface area (Å²) in [6.07, 6.45) is 6.41. The van der Waals surface area contributed by atoms with Gasteiger partial charge in [-0.25, -0.2) is 4.39 Å². The SMILES string of the molecule is O=C(NC1CCCCC1)[C@@H](Cc1ccccc1)N(Cc1ccccc1F)C(=O)CCc1cccc2ccccc12. The Morgan fingerprint density at radius 1 is 0.800 bits per heavy atom. The number of halogens is 1. The van der Waals surface area contributed by atoms with Crippen molar-refractivity contribution in [3.8, 4) is 0 Å². The fourth-order valence-electron chi connectivity index (χ4n) is 5.80. The Balaban J connectivity index is 1.44. The second-order valence-corrected chi connectivity index (χ2v) is 10.8. The molecule has 1 atom stereocenters. The molecule has 4 aromatic rings. The zero-order valence-electron chi connectivity index (χ0n) is 22.9. The van der Waals surface area contributed by atoms with Crippen molar-refractivity contribution in [2.45, 2.75) is 70.0 Å². The van der Waals surface area contributed by atoms with E-state index in [0.29, 0.717) is 18.4 Å². The van der Waals surface area contributed by atoms with Crippen LogP contribution in [0.1, 0.15) is 55.2 Å². The summed E-state index contributed by atoms with van der Waals surface area (Å²) in [7, 11) is 0. The van der Waals surface area contributed by atoms with E-state index in [4.69, 9.17) is 0 Å². The number of benzene rings is 4. The maximum atomic E-state index is 14.9. The molecular weight excluding hydrogens is 499 g/mol. The molecule has 1 aliphatic carbocycles. The monoisotopic (exact) mass is 536 g/mol. The standard InChI is InChI=1S/C35H37FN2O2/c36-32-21-10-8-15-29(32)25-38(34(39)23-22-28-17-11-16-27-14-7-9-20-31(27)28)33(24-26-12-3-1-4-13-26)35(40)37-30-18-5-2-6-19-30/h1,3-4,7-17,20-21,30,33H,2,5-6,18-19,22-25H2,(H,37,40)/t33-/m1/s1. The smallest absolute Gasteiger partial charge is 0.243 e. The summed E-state index contributed by atoms with van der Waals surface area (Å²) in [5.41, 5.74) is 2.46. The maximum Gasteiger partial charge on any atom is 0.243 e. The fourth-order valence-corrected chi connectivity index (χ4v) is 5.80. The molecule has 1 fully saturated rings. The number of amides is 2. The van der Waals surface area contributed by atoms with Crippen LogP contribution in [0.4, 0.5) is 4.39 Å². The normalized spacial score (nSPS) is 14.5. The van der Waals surface area contributed by atoms with Gasteiger partial charge in [0.1, 0.15) is 11.9 Å². The molecule has 0 heterocycles. The lowest BCUT2D eigenvalue weighted by molar-refractivity contribution is -0.141. The van der Waals surface area contributed by atoms with Gasteiger partial charge in [-0.1, -0.05) is 110 Å². The van der Waals surface area contributed by atoms with Gasteiger partial charge in [0.15, 0.2) is 0 Å². The lowest BCUT2D eigenvalue weighted by atomic mass is 9.94. The number of nitrogens with one attached hydrogen (secondary N) is 1. The van der Waals surface area contributed by atoms with E-state index in [9.17, 15) is 14.0 Å². The highest BCUT2D eigenvalue weighted by atomic mass is 19.1. The van der Waals surface area contributed by atoms with Crippen molar-refractivity contribution >= 4 is 22.6 Å². The molecule has 2 amide bonds. The first-order valence-corrected chi connectivity index (χ1v) is 14.4. The van der Waals surface area contributed by atoms with Crippen LogP contribution in [0.15, 0.2) is 97.1 Å². The van der Waals surface area contributed by atoms with Gasteiger partial charge in [-0.2, -0.15) is 0 Å². The molecule has 0 aliphatic heterocycles. The number of hydrogen-bond acceptors (Lipinski definition) is 2. The minimum Gasteiger partial charge on any atom is -0.352 e. The number of rotatable bonds is 10. The predicted molar refractivity (Wildman–Crippen MR) is 158 cm³/mol. The molecular formula is C35H37FN2O2. The molecule has 0 radical (unpaired) electrons. The topological polar surface area (TPSA) is 49.4 Å². The number of nitrogens with zero attached hydrogens (tertiary/aromatic N) is 1. The summed E-state index contributed by atoms with van der Waals surface area (Å²) in [5, 5.41) is 5.50. The Kier molecular flexibility index (Phi) is 9.22. The van der Waals surface area contributed by atoms with Gasteiger partial charge in [0.2, 0.25) is 11.8 Å². The third-order valence-electron chi connectivity index (χ3n) is 8.01. The van der Waals surface area contributed by atoms with Gasteiger partial charge in [-0.15, -0.1) is 0 Å². The molecule has 0 aromatic heterocycles. The summed E-state index contributed by atoms with van der Waals surface area (Å²) >= 11 is 0. The van der Waals surface area contributed by atoms with Gasteiger partial charge in [-0.05, 0) is 47.2 Å². The molecule has 0 bridgehead atoms. The van der Waals surface area contributed by atoms with Crippen molar-refractivity contribution in [1.29, 1.82) is 0 Å². The van der Waals surface area contributed by atoms with Crippen LogP contribution in [0.25, 0.3) is 10.8 Å². The van der Waals surface area contributed by atoms with Crippen LogP contribution in [-0.4, -0.2) is 28.8 Å². The van der Waals surface area contributed by atoms with Gasteiger partial charge >= 0.3 is 0 Å². The summed E-state index contributed by atoms with van der Waals surface area (Å²) < 4.78 is 14.9. The van der Waals surface area contributed by atoms with E-state index in [1.165, 1.54) is 12.5 Å². The minimum absolute atomic E-state index is 0.0383. The summed E-state index contributed by atoms with van der Waals surface area (Å²) in [5.74, 6) is -0.693. The lowest BCUT2D eigenvalue weighted by Crippen LogP contribution is -2.53. The van der Waals surface area contributed by atoms with Crippen LogP contribution in [0, 0.1) is 5.82 Å². The highest BCUT2D eigenvalue weighted by Gasteiger charge is 2.32. The van der Waals surface area contributed by atoms with Gasteiger partial charge in [-0.3, -0.25) is 9.59 Å². The van der Waals surface area contributed by atoms with E-state index in [-0.39, 0.29) is 36.6 Å². The van der Waals surface area contributed by atoms with E-state index in [0.717, 1.165) is 47.6 Å². The Labute approximate surface area is 236 Å². The molecule has 1 N–H and O–H groups in total. The van der Waals surface area contributed by atoms with Crippen LogP contribution >= 0.6 is 0 Å². The Morgan fingerprint density at radius 3 is 2.27 bits per heavy atom. The van der Waals surface area contributed by atoms with Crippen molar-refractivity contribution in [3.63, 3.8) is 0 Å². The first-order valence-electron chi connectivity index (χ1n) is 14.4. The second kappa shape index (κ2) is 13.4. The summed E-state index contributed by atoms with van der Waals surface area (Å²) in [6, 6.07) is 29.9. The second-order valence-electron chi connectivity index (χ2n) is 10.8. The Hall–Kier alpha value is -3.99. The Bertz CT molecular complexity index is 1430. The van der Waals surface area contributed by atoms with Gasteiger partial charge in [0.25, 0.3) is 0 Å². The van der Waals surface area contributed by atoms with Gasteiger partial charge < -0.3 is 10.2 Å². The molecule has 0 saturated heterocycles. The van der Waals surface area contributed by atoms with Gasteiger partial charge in [0, 0.05) is 31.0 Å². The minimum atomic E-state index is -0.746. The van der Waals surface area contributed by atoms with Crippen LogP contribution < -0.4 is 5.32 Å². The maximum absolute atomic E-state index is 14.9. The molecule has 0 spiro atoms. The first-order chi connectivity index (χ1) is 19.6. The van der Waals surface area contributed by atoms with E-state index < -0.39 is 6.04 Å². The molecule has 1 aliphatic rings.